The van der Waals surface area contributed by atoms with E-state index in [4.69, 9.17) is 12.2 Å². The maximum Gasteiger partial charge on any atom is 0.293 e. The molecule has 1 rings (SSSR count). The number of hydrogen-bond donors (Lipinski definition) is 2. The summed E-state index contributed by atoms with van der Waals surface area (Å²) >= 11 is 5.02. The van der Waals surface area contributed by atoms with Gasteiger partial charge >= 0.3 is 0 Å². The van der Waals surface area contributed by atoms with Crippen molar-refractivity contribution in [3.63, 3.8) is 0 Å². The van der Waals surface area contributed by atoms with E-state index in [1.165, 1.54) is 12.3 Å². The van der Waals surface area contributed by atoms with Gasteiger partial charge in [-0.15, -0.1) is 0 Å². The Morgan fingerprint density at radius 2 is 2.14 bits per heavy atom. The molecule has 21 heavy (non-hydrogen) atoms. The van der Waals surface area contributed by atoms with Crippen molar-refractivity contribution >= 4 is 34.9 Å². The number of anilines is 1. The van der Waals surface area contributed by atoms with Crippen molar-refractivity contribution in [2.24, 2.45) is 5.10 Å². The normalized spacial score (nSPS) is 10.7. The van der Waals surface area contributed by atoms with Crippen LogP contribution in [0, 0.1) is 10.1 Å². The van der Waals surface area contributed by atoms with Crippen LogP contribution in [-0.4, -0.2) is 36.4 Å². The first-order valence-electron chi connectivity index (χ1n) is 6.36. The molecule has 0 aliphatic rings. The first-order chi connectivity index (χ1) is 9.81. The van der Waals surface area contributed by atoms with Gasteiger partial charge in [-0.3, -0.25) is 15.5 Å². The third kappa shape index (κ3) is 5.35. The van der Waals surface area contributed by atoms with Crippen LogP contribution in [-0.2, 0) is 0 Å². The topological polar surface area (TPSA) is 82.8 Å². The van der Waals surface area contributed by atoms with Gasteiger partial charge in [0.1, 0.15) is 5.69 Å². The van der Waals surface area contributed by atoms with Gasteiger partial charge in [-0.1, -0.05) is 6.07 Å². The van der Waals surface area contributed by atoms with Crippen LogP contribution in [0.1, 0.15) is 19.4 Å². The second-order valence-electron chi connectivity index (χ2n) is 4.90. The number of benzene rings is 1. The Morgan fingerprint density at radius 1 is 1.48 bits per heavy atom. The number of hydrogen-bond acceptors (Lipinski definition) is 5. The average Bonchev–Trinajstić information content (AvgIpc) is 2.37. The second kappa shape index (κ2) is 7.53. The Kier molecular flexibility index (Phi) is 6.04. The van der Waals surface area contributed by atoms with Gasteiger partial charge in [-0.2, -0.15) is 5.10 Å². The van der Waals surface area contributed by atoms with Gasteiger partial charge in [0.15, 0.2) is 5.11 Å². The summed E-state index contributed by atoms with van der Waals surface area (Å²) in [5.74, 6) is 0. The standard InChI is InChI=1S/C13H19N5O2S/c1-9(2)15-13(21)16-14-8-10-5-6-11(17(3)4)12(7-10)18(19)20/h5-9H,1-4H3,(H2,15,16,21)/b14-8-. The monoisotopic (exact) mass is 309 g/mol. The number of nitro benzene ring substituents is 1. The molecule has 1 aromatic rings. The van der Waals surface area contributed by atoms with Gasteiger partial charge in [0.05, 0.1) is 11.1 Å². The molecular formula is C13H19N5O2S. The van der Waals surface area contributed by atoms with Crippen LogP contribution < -0.4 is 15.6 Å². The van der Waals surface area contributed by atoms with Crippen molar-refractivity contribution in [2.75, 3.05) is 19.0 Å². The largest absolute Gasteiger partial charge is 0.372 e. The first kappa shape index (κ1) is 16.8. The van der Waals surface area contributed by atoms with Gasteiger partial charge in [-0.25, -0.2) is 0 Å². The fourth-order valence-corrected chi connectivity index (χ4v) is 1.89. The number of nitrogens with one attached hydrogen (secondary N) is 2. The van der Waals surface area contributed by atoms with Gasteiger partial charge in [0.25, 0.3) is 5.69 Å². The smallest absolute Gasteiger partial charge is 0.293 e. The molecule has 8 heteroatoms. The molecular weight excluding hydrogens is 290 g/mol. The van der Waals surface area contributed by atoms with Gasteiger partial charge in [0.2, 0.25) is 0 Å². The van der Waals surface area contributed by atoms with Crippen molar-refractivity contribution in [3.05, 3.63) is 33.9 Å². The average molecular weight is 309 g/mol. The molecule has 0 aliphatic heterocycles. The summed E-state index contributed by atoms with van der Waals surface area (Å²) in [6.45, 7) is 3.92. The summed E-state index contributed by atoms with van der Waals surface area (Å²) in [7, 11) is 3.52. The van der Waals surface area contributed by atoms with E-state index < -0.39 is 4.92 Å². The highest BCUT2D eigenvalue weighted by atomic mass is 32.1. The minimum atomic E-state index is -0.412. The molecule has 0 spiro atoms. The molecule has 0 heterocycles. The zero-order valence-electron chi connectivity index (χ0n) is 12.5. The zero-order valence-corrected chi connectivity index (χ0v) is 13.3. The summed E-state index contributed by atoms with van der Waals surface area (Å²) < 4.78 is 0. The molecule has 0 saturated heterocycles. The van der Waals surface area contributed by atoms with Crippen LogP contribution in [0.15, 0.2) is 23.3 Å². The highest BCUT2D eigenvalue weighted by Crippen LogP contribution is 2.26. The van der Waals surface area contributed by atoms with E-state index in [0.29, 0.717) is 16.4 Å². The molecule has 7 nitrogen and oxygen atoms in total. The predicted octanol–water partition coefficient (Wildman–Crippen LogP) is 1.87. The molecule has 114 valence electrons. The quantitative estimate of drug-likeness (QED) is 0.374. The lowest BCUT2D eigenvalue weighted by atomic mass is 10.2. The first-order valence-corrected chi connectivity index (χ1v) is 6.77. The molecule has 0 amide bonds. The number of hydrazone groups is 1. The third-order valence-corrected chi connectivity index (χ3v) is 2.69. The van der Waals surface area contributed by atoms with Crippen LogP contribution in [0.5, 0.6) is 0 Å². The summed E-state index contributed by atoms with van der Waals surface area (Å²) in [6.07, 6.45) is 1.49. The van der Waals surface area contributed by atoms with E-state index in [9.17, 15) is 10.1 Å². The minimum Gasteiger partial charge on any atom is -0.372 e. The van der Waals surface area contributed by atoms with E-state index in [2.05, 4.69) is 15.8 Å². The summed E-state index contributed by atoms with van der Waals surface area (Å²) in [5.41, 5.74) is 3.85. The Morgan fingerprint density at radius 3 is 2.67 bits per heavy atom. The summed E-state index contributed by atoms with van der Waals surface area (Å²) in [4.78, 5) is 12.4. The summed E-state index contributed by atoms with van der Waals surface area (Å²) in [6, 6.07) is 5.12. The third-order valence-electron chi connectivity index (χ3n) is 2.48. The Hall–Kier alpha value is -2.22. The van der Waals surface area contributed by atoms with Crippen molar-refractivity contribution < 1.29 is 4.92 Å². The lowest BCUT2D eigenvalue weighted by Gasteiger charge is -2.12. The fourth-order valence-electron chi connectivity index (χ4n) is 1.61. The highest BCUT2D eigenvalue weighted by molar-refractivity contribution is 7.80. The number of nitro groups is 1. The number of thiocarbonyl (C=S) groups is 1. The van der Waals surface area contributed by atoms with Gasteiger partial charge < -0.3 is 10.2 Å². The van der Waals surface area contributed by atoms with Crippen LogP contribution in [0.3, 0.4) is 0 Å². The maximum absolute atomic E-state index is 11.1. The van der Waals surface area contributed by atoms with Crippen molar-refractivity contribution in [1.29, 1.82) is 0 Å². The lowest BCUT2D eigenvalue weighted by Crippen LogP contribution is -2.36. The maximum atomic E-state index is 11.1. The molecule has 0 fully saturated rings. The van der Waals surface area contributed by atoms with Crippen LogP contribution in [0.25, 0.3) is 0 Å². The molecule has 0 bridgehead atoms. The van der Waals surface area contributed by atoms with E-state index in [1.54, 1.807) is 31.1 Å². The summed E-state index contributed by atoms with van der Waals surface area (Å²) in [5, 5.41) is 18.4. The van der Waals surface area contributed by atoms with E-state index >= 15 is 0 Å². The van der Waals surface area contributed by atoms with Crippen molar-refractivity contribution in [3.8, 4) is 0 Å². The highest BCUT2D eigenvalue weighted by Gasteiger charge is 2.15. The van der Waals surface area contributed by atoms with E-state index in [1.807, 2.05) is 13.8 Å². The molecule has 0 unspecified atom stereocenters. The fraction of sp³-hybridized carbons (Fsp3) is 0.385. The van der Waals surface area contributed by atoms with Gasteiger partial charge in [0, 0.05) is 31.8 Å². The van der Waals surface area contributed by atoms with E-state index in [-0.39, 0.29) is 11.7 Å². The van der Waals surface area contributed by atoms with Crippen LogP contribution in [0.4, 0.5) is 11.4 Å². The van der Waals surface area contributed by atoms with Crippen LogP contribution in [0.2, 0.25) is 0 Å². The molecule has 0 aliphatic carbocycles. The molecule has 0 saturated carbocycles. The minimum absolute atomic E-state index is 0.0341. The molecule has 2 N–H and O–H groups in total. The SMILES string of the molecule is CC(C)NC(=S)N/N=C\c1ccc(N(C)C)c([N+](=O)[O-])c1. The van der Waals surface area contributed by atoms with Crippen molar-refractivity contribution in [1.82, 2.24) is 10.7 Å². The Balaban J connectivity index is 2.83. The van der Waals surface area contributed by atoms with Crippen LogP contribution >= 0.6 is 12.2 Å². The zero-order chi connectivity index (χ0) is 16.0. The predicted molar refractivity (Wildman–Crippen MR) is 89.0 cm³/mol. The lowest BCUT2D eigenvalue weighted by molar-refractivity contribution is -0.384. The Labute approximate surface area is 129 Å². The second-order valence-corrected chi connectivity index (χ2v) is 5.31. The Bertz CT molecular complexity index is 557. The van der Waals surface area contributed by atoms with Crippen molar-refractivity contribution in [2.45, 2.75) is 19.9 Å². The number of rotatable bonds is 5. The molecule has 1 aromatic carbocycles. The molecule has 0 radical (unpaired) electrons. The number of nitrogens with zero attached hydrogens (tertiary/aromatic N) is 3. The molecule has 0 atom stereocenters. The van der Waals surface area contributed by atoms with Gasteiger partial charge in [-0.05, 0) is 32.1 Å². The molecule has 0 aromatic heterocycles. The van der Waals surface area contributed by atoms with E-state index in [0.717, 1.165) is 0 Å².